The molecule has 2 aromatic carbocycles. The normalized spacial score (nSPS) is 11.8. The first-order valence-corrected chi connectivity index (χ1v) is 8.00. The molecule has 0 saturated heterocycles. The maximum atomic E-state index is 9.54. The molecule has 1 aromatic heterocycles. The molecule has 0 aliphatic rings. The number of aryl methyl sites for hydroxylation is 1. The first kappa shape index (κ1) is 18.5. The average molecular weight is 363 g/mol. The van der Waals surface area contributed by atoms with Crippen LogP contribution in [0.2, 0.25) is 5.02 Å². The van der Waals surface area contributed by atoms with Gasteiger partial charge in [0.25, 0.3) is 0 Å². The van der Waals surface area contributed by atoms with Gasteiger partial charge < -0.3 is 10.4 Å². The number of rotatable bonds is 4. The number of aliphatic hydroxyl groups is 1. The number of aliphatic hydroxyl groups excluding tert-OH is 1. The number of hydrogen-bond donors (Lipinski definition) is 2. The quantitative estimate of drug-likeness (QED) is 0.680. The van der Waals surface area contributed by atoms with Gasteiger partial charge in [0.1, 0.15) is 0 Å². The highest BCUT2D eigenvalue weighted by molar-refractivity contribution is 6.31. The Morgan fingerprint density at radius 3 is 2.62 bits per heavy atom. The van der Waals surface area contributed by atoms with Crippen molar-refractivity contribution in [3.8, 4) is 11.3 Å². The van der Waals surface area contributed by atoms with E-state index in [1.54, 1.807) is 6.92 Å². The second-order valence-electron chi connectivity index (χ2n) is 5.77. The fourth-order valence-corrected chi connectivity index (χ4v) is 2.66. The summed E-state index contributed by atoms with van der Waals surface area (Å²) in [6.07, 6.45) is -0.417. The SMILES string of the molecule is Cc1ccc(-c2cc(NC[C@H](C)O)c3ccccc3n2)cc1Cl.Cl. The molecule has 0 aliphatic carbocycles. The minimum Gasteiger partial charge on any atom is -0.392 e. The van der Waals surface area contributed by atoms with E-state index in [9.17, 15) is 5.11 Å². The van der Waals surface area contributed by atoms with Crippen LogP contribution >= 0.6 is 24.0 Å². The minimum absolute atomic E-state index is 0. The summed E-state index contributed by atoms with van der Waals surface area (Å²) in [5.41, 5.74) is 4.76. The lowest BCUT2D eigenvalue weighted by atomic mass is 10.1. The van der Waals surface area contributed by atoms with Crippen molar-refractivity contribution in [2.24, 2.45) is 0 Å². The van der Waals surface area contributed by atoms with Crippen LogP contribution in [0.4, 0.5) is 5.69 Å². The van der Waals surface area contributed by atoms with Crippen LogP contribution in [0.25, 0.3) is 22.2 Å². The summed E-state index contributed by atoms with van der Waals surface area (Å²) in [7, 11) is 0. The fourth-order valence-electron chi connectivity index (χ4n) is 2.48. The van der Waals surface area contributed by atoms with Gasteiger partial charge in [-0.15, -0.1) is 12.4 Å². The lowest BCUT2D eigenvalue weighted by Crippen LogP contribution is -2.15. The van der Waals surface area contributed by atoms with Gasteiger partial charge in [0.15, 0.2) is 0 Å². The van der Waals surface area contributed by atoms with Crippen molar-refractivity contribution in [1.29, 1.82) is 0 Å². The monoisotopic (exact) mass is 362 g/mol. The Morgan fingerprint density at radius 2 is 1.92 bits per heavy atom. The molecule has 126 valence electrons. The van der Waals surface area contributed by atoms with E-state index in [-0.39, 0.29) is 12.4 Å². The summed E-state index contributed by atoms with van der Waals surface area (Å²) < 4.78 is 0. The zero-order valence-electron chi connectivity index (χ0n) is 13.6. The second-order valence-corrected chi connectivity index (χ2v) is 6.17. The smallest absolute Gasteiger partial charge is 0.0730 e. The predicted molar refractivity (Wildman–Crippen MR) is 104 cm³/mol. The molecule has 0 aliphatic heterocycles. The highest BCUT2D eigenvalue weighted by Crippen LogP contribution is 2.30. The topological polar surface area (TPSA) is 45.1 Å². The van der Waals surface area contributed by atoms with Crippen molar-refractivity contribution < 1.29 is 5.11 Å². The minimum atomic E-state index is -0.417. The number of fused-ring (bicyclic) bond motifs is 1. The molecular formula is C19H20Cl2N2O. The molecule has 0 saturated carbocycles. The van der Waals surface area contributed by atoms with Gasteiger partial charge in [0.2, 0.25) is 0 Å². The van der Waals surface area contributed by atoms with Crippen molar-refractivity contribution in [2.45, 2.75) is 20.0 Å². The zero-order valence-corrected chi connectivity index (χ0v) is 15.2. The zero-order chi connectivity index (χ0) is 16.4. The Balaban J connectivity index is 0.00000208. The van der Waals surface area contributed by atoms with E-state index < -0.39 is 6.10 Å². The molecule has 2 N–H and O–H groups in total. The molecule has 3 nitrogen and oxygen atoms in total. The molecule has 3 aromatic rings. The van der Waals surface area contributed by atoms with Crippen LogP contribution in [0, 0.1) is 6.92 Å². The van der Waals surface area contributed by atoms with E-state index in [4.69, 9.17) is 16.6 Å². The molecule has 1 heterocycles. The number of hydrogen-bond acceptors (Lipinski definition) is 3. The third-order valence-corrected chi connectivity index (χ3v) is 4.18. The Bertz CT molecular complexity index is 850. The summed E-state index contributed by atoms with van der Waals surface area (Å²) >= 11 is 6.25. The fraction of sp³-hybridized carbons (Fsp3) is 0.211. The first-order chi connectivity index (χ1) is 11.0. The van der Waals surface area contributed by atoms with Crippen LogP contribution in [0.5, 0.6) is 0 Å². The summed E-state index contributed by atoms with van der Waals surface area (Å²) in [4.78, 5) is 4.74. The summed E-state index contributed by atoms with van der Waals surface area (Å²) in [5, 5.41) is 14.6. The Labute approximate surface area is 153 Å². The van der Waals surface area contributed by atoms with Crippen LogP contribution in [0.1, 0.15) is 12.5 Å². The molecule has 1 atom stereocenters. The van der Waals surface area contributed by atoms with Gasteiger partial charge in [-0.25, -0.2) is 4.98 Å². The molecule has 0 fully saturated rings. The second kappa shape index (κ2) is 7.84. The number of benzene rings is 2. The number of pyridine rings is 1. The molecule has 24 heavy (non-hydrogen) atoms. The highest BCUT2D eigenvalue weighted by Gasteiger charge is 2.09. The van der Waals surface area contributed by atoms with Crippen molar-refractivity contribution in [1.82, 2.24) is 4.98 Å². The van der Waals surface area contributed by atoms with Gasteiger partial charge in [-0.3, -0.25) is 0 Å². The lowest BCUT2D eigenvalue weighted by molar-refractivity contribution is 0.208. The third-order valence-electron chi connectivity index (χ3n) is 3.77. The summed E-state index contributed by atoms with van der Waals surface area (Å²) in [5.74, 6) is 0. The number of halogens is 2. The molecule has 3 rings (SSSR count). The van der Waals surface area contributed by atoms with Crippen LogP contribution in [-0.4, -0.2) is 22.7 Å². The third kappa shape index (κ3) is 3.99. The van der Waals surface area contributed by atoms with Gasteiger partial charge in [0.05, 0.1) is 17.3 Å². The summed E-state index contributed by atoms with van der Waals surface area (Å²) in [6.45, 7) is 4.23. The van der Waals surface area contributed by atoms with Gasteiger partial charge in [-0.1, -0.05) is 41.9 Å². The largest absolute Gasteiger partial charge is 0.392 e. The Morgan fingerprint density at radius 1 is 1.17 bits per heavy atom. The predicted octanol–water partition coefficient (Wildman–Crippen LogP) is 5.08. The molecular weight excluding hydrogens is 343 g/mol. The van der Waals surface area contributed by atoms with E-state index in [0.717, 1.165) is 38.4 Å². The number of nitrogens with zero attached hydrogens (tertiary/aromatic N) is 1. The van der Waals surface area contributed by atoms with Crippen LogP contribution in [-0.2, 0) is 0 Å². The van der Waals surface area contributed by atoms with Crippen molar-refractivity contribution in [2.75, 3.05) is 11.9 Å². The number of para-hydroxylation sites is 1. The number of aromatic nitrogens is 1. The van der Waals surface area contributed by atoms with E-state index in [1.165, 1.54) is 0 Å². The van der Waals surface area contributed by atoms with E-state index >= 15 is 0 Å². The number of anilines is 1. The van der Waals surface area contributed by atoms with Crippen LogP contribution in [0.15, 0.2) is 48.5 Å². The lowest BCUT2D eigenvalue weighted by Gasteiger charge is -2.13. The highest BCUT2D eigenvalue weighted by atomic mass is 35.5. The molecule has 0 radical (unpaired) electrons. The standard InChI is InChI=1S/C19H19ClN2O.ClH/c1-12-7-8-14(9-16(12)20)18-10-19(21-11-13(2)23)15-5-3-4-6-17(15)22-18;/h3-10,13,23H,11H2,1-2H3,(H,21,22);1H/t13-;/m0./s1. The Kier molecular flexibility index (Phi) is 6.05. The van der Waals surface area contributed by atoms with Crippen LogP contribution in [0.3, 0.4) is 0 Å². The first-order valence-electron chi connectivity index (χ1n) is 7.63. The molecule has 0 amide bonds. The molecule has 0 bridgehead atoms. The van der Waals surface area contributed by atoms with E-state index in [2.05, 4.69) is 5.32 Å². The van der Waals surface area contributed by atoms with Crippen molar-refractivity contribution in [3.63, 3.8) is 0 Å². The molecule has 5 heteroatoms. The molecule has 0 unspecified atom stereocenters. The van der Waals surface area contributed by atoms with E-state index in [0.29, 0.717) is 6.54 Å². The summed E-state index contributed by atoms with van der Waals surface area (Å²) in [6, 6.07) is 15.9. The van der Waals surface area contributed by atoms with Gasteiger partial charge >= 0.3 is 0 Å². The Hall–Kier alpha value is -1.81. The van der Waals surface area contributed by atoms with Gasteiger partial charge in [-0.05, 0) is 37.6 Å². The van der Waals surface area contributed by atoms with Gasteiger partial charge in [0, 0.05) is 28.2 Å². The van der Waals surface area contributed by atoms with Crippen molar-refractivity contribution in [3.05, 3.63) is 59.1 Å². The van der Waals surface area contributed by atoms with Crippen molar-refractivity contribution >= 4 is 40.6 Å². The van der Waals surface area contributed by atoms with Crippen LogP contribution < -0.4 is 5.32 Å². The maximum absolute atomic E-state index is 9.54. The molecule has 0 spiro atoms. The number of nitrogens with one attached hydrogen (secondary N) is 1. The van der Waals surface area contributed by atoms with E-state index in [1.807, 2.05) is 55.5 Å². The van der Waals surface area contributed by atoms with Gasteiger partial charge in [-0.2, -0.15) is 0 Å². The maximum Gasteiger partial charge on any atom is 0.0730 e. The average Bonchev–Trinajstić information content (AvgIpc) is 2.54.